The monoisotopic (exact) mass is 530 g/mol. The fraction of sp³-hybridized carbons (Fsp3) is 0.269. The first-order valence-electron chi connectivity index (χ1n) is 11.4. The van der Waals surface area contributed by atoms with Crippen molar-refractivity contribution >= 4 is 28.1 Å². The van der Waals surface area contributed by atoms with Crippen LogP contribution in [-0.2, 0) is 10.8 Å². The van der Waals surface area contributed by atoms with Crippen LogP contribution in [0, 0.1) is 5.82 Å². The zero-order valence-corrected chi connectivity index (χ0v) is 21.0. The molecule has 0 spiro atoms. The van der Waals surface area contributed by atoms with Gasteiger partial charge in [-0.1, -0.05) is 6.07 Å². The summed E-state index contributed by atoms with van der Waals surface area (Å²) < 4.78 is 55.1. The molecule has 194 valence electrons. The number of carbonyl (C=O) groups is 1. The number of nitrogens with zero attached hydrogens (tertiary/aromatic N) is 3. The van der Waals surface area contributed by atoms with Gasteiger partial charge in [0, 0.05) is 56.6 Å². The third-order valence-electron chi connectivity index (χ3n) is 6.05. The number of hydrogen-bond donors (Lipinski definition) is 1. The average molecular weight is 531 g/mol. The number of aromatic nitrogens is 3. The first-order chi connectivity index (χ1) is 17.7. The summed E-state index contributed by atoms with van der Waals surface area (Å²) in [6, 6.07) is 13.4. The molecule has 0 bridgehead atoms. The summed E-state index contributed by atoms with van der Waals surface area (Å²) in [5.41, 5.74) is 2.47. The van der Waals surface area contributed by atoms with Gasteiger partial charge in [0.05, 0.1) is 5.69 Å². The van der Waals surface area contributed by atoms with Crippen molar-refractivity contribution in [2.24, 2.45) is 0 Å². The maximum Gasteiger partial charge on any atom is 0.387 e. The summed E-state index contributed by atoms with van der Waals surface area (Å²) in [7, 11) is 1.38. The van der Waals surface area contributed by atoms with Crippen molar-refractivity contribution < 1.29 is 26.9 Å². The van der Waals surface area contributed by atoms with Crippen LogP contribution in [0.15, 0.2) is 60.8 Å². The number of pyridine rings is 1. The predicted molar refractivity (Wildman–Crippen MR) is 136 cm³/mol. The Labute approximate surface area is 214 Å². The highest BCUT2D eigenvalue weighted by Gasteiger charge is 2.31. The molecular formula is C26H25F3N4O3S. The summed E-state index contributed by atoms with van der Waals surface area (Å²) in [4.78, 5) is 15.5. The first kappa shape index (κ1) is 26.5. The number of halogens is 3. The van der Waals surface area contributed by atoms with Crippen molar-refractivity contribution in [1.82, 2.24) is 20.1 Å². The molecule has 0 amide bonds. The van der Waals surface area contributed by atoms with Crippen molar-refractivity contribution in [2.45, 2.75) is 25.5 Å². The third kappa shape index (κ3) is 6.23. The second-order valence-electron chi connectivity index (χ2n) is 8.75. The number of rotatable bonds is 6. The molecule has 5 rings (SSSR count). The summed E-state index contributed by atoms with van der Waals surface area (Å²) in [5.74, 6) is 1.28. The molecule has 0 saturated carbocycles. The van der Waals surface area contributed by atoms with Crippen LogP contribution in [-0.4, -0.2) is 56.0 Å². The number of hydrogen-bond acceptors (Lipinski definition) is 6. The van der Waals surface area contributed by atoms with Crippen LogP contribution in [0.1, 0.15) is 23.7 Å². The smallest absolute Gasteiger partial charge is 0.387 e. The summed E-state index contributed by atoms with van der Waals surface area (Å²) in [6.45, 7) is -0.828. The van der Waals surface area contributed by atoms with Crippen LogP contribution in [0.25, 0.3) is 28.0 Å². The van der Waals surface area contributed by atoms with Gasteiger partial charge >= 0.3 is 6.61 Å². The maximum atomic E-state index is 13.3. The van der Waals surface area contributed by atoms with E-state index in [1.807, 2.05) is 7.05 Å². The predicted octanol–water partition coefficient (Wildman–Crippen LogP) is 4.76. The van der Waals surface area contributed by atoms with Crippen LogP contribution in [0.4, 0.5) is 13.2 Å². The van der Waals surface area contributed by atoms with Gasteiger partial charge in [-0.05, 0) is 62.9 Å². The molecule has 2 unspecified atom stereocenters. The molecule has 2 aromatic heterocycles. The molecule has 1 aliphatic heterocycles. The van der Waals surface area contributed by atoms with Gasteiger partial charge < -0.3 is 10.1 Å². The second kappa shape index (κ2) is 11.2. The van der Waals surface area contributed by atoms with Crippen LogP contribution in [0.3, 0.4) is 0 Å². The van der Waals surface area contributed by atoms with Crippen molar-refractivity contribution in [1.29, 1.82) is 0 Å². The highest BCUT2D eigenvalue weighted by molar-refractivity contribution is 7.85. The minimum Gasteiger partial charge on any atom is -0.435 e. The van der Waals surface area contributed by atoms with E-state index in [2.05, 4.69) is 27.1 Å². The van der Waals surface area contributed by atoms with Gasteiger partial charge in [0.1, 0.15) is 17.3 Å². The molecule has 3 heterocycles. The lowest BCUT2D eigenvalue weighted by atomic mass is 10.0. The Morgan fingerprint density at radius 1 is 1.19 bits per heavy atom. The Kier molecular flexibility index (Phi) is 8.03. The minimum atomic E-state index is -2.95. The fourth-order valence-electron chi connectivity index (χ4n) is 3.91. The highest BCUT2D eigenvalue weighted by atomic mass is 32.2. The number of nitrogens with one attached hydrogen (secondary N) is 1. The molecule has 2 atom stereocenters. The standard InChI is InChI=1S/C20H12F3N3O2.C6H13NOS/c21-14-6-4-13(5-7-14)18-17-8-12(11-27)10-24-19(17)26(25-18)15-2-1-3-16(9-15)28-20(22)23;1-6(7-2)3-4-9(8)5-6/h1-11,20H;7H,3-5H2,1-2H3. The molecule has 7 nitrogen and oxygen atoms in total. The Bertz CT molecular complexity index is 1430. The van der Waals surface area contributed by atoms with E-state index < -0.39 is 23.2 Å². The van der Waals surface area contributed by atoms with E-state index in [0.717, 1.165) is 17.9 Å². The zero-order chi connectivity index (χ0) is 26.6. The zero-order valence-electron chi connectivity index (χ0n) is 20.2. The quantitative estimate of drug-likeness (QED) is 0.362. The van der Waals surface area contributed by atoms with Crippen molar-refractivity contribution in [3.8, 4) is 22.7 Å². The largest absolute Gasteiger partial charge is 0.435 e. The Morgan fingerprint density at radius 3 is 2.54 bits per heavy atom. The average Bonchev–Trinajstić information content (AvgIpc) is 3.44. The summed E-state index contributed by atoms with van der Waals surface area (Å²) in [6.07, 6.45) is 3.10. The highest BCUT2D eigenvalue weighted by Crippen LogP contribution is 2.30. The topological polar surface area (TPSA) is 86.1 Å². The van der Waals surface area contributed by atoms with Gasteiger partial charge in [-0.25, -0.2) is 14.1 Å². The van der Waals surface area contributed by atoms with Crippen molar-refractivity contribution in [2.75, 3.05) is 18.6 Å². The number of aldehydes is 1. The van der Waals surface area contributed by atoms with Crippen LogP contribution < -0.4 is 10.1 Å². The normalized spacial score (nSPS) is 19.0. The fourth-order valence-corrected chi connectivity index (χ4v) is 5.73. The van der Waals surface area contributed by atoms with Gasteiger partial charge in [-0.3, -0.25) is 9.00 Å². The first-order valence-corrected chi connectivity index (χ1v) is 12.9. The van der Waals surface area contributed by atoms with Gasteiger partial charge in [0.15, 0.2) is 11.9 Å². The molecule has 0 radical (unpaired) electrons. The van der Waals surface area contributed by atoms with E-state index in [4.69, 9.17) is 0 Å². The van der Waals surface area contributed by atoms with Gasteiger partial charge in [0.25, 0.3) is 0 Å². The molecule has 2 aromatic carbocycles. The third-order valence-corrected chi connectivity index (χ3v) is 7.67. The van der Waals surface area contributed by atoms with E-state index in [0.29, 0.717) is 39.8 Å². The lowest BCUT2D eigenvalue weighted by Gasteiger charge is -2.20. The van der Waals surface area contributed by atoms with E-state index >= 15 is 0 Å². The van der Waals surface area contributed by atoms with Gasteiger partial charge in [-0.15, -0.1) is 0 Å². The molecule has 1 aliphatic rings. The van der Waals surface area contributed by atoms with Crippen molar-refractivity contribution in [3.05, 3.63) is 72.2 Å². The lowest BCUT2D eigenvalue weighted by molar-refractivity contribution is -0.0498. The number of alkyl halides is 2. The maximum absolute atomic E-state index is 13.3. The van der Waals surface area contributed by atoms with Crippen LogP contribution in [0.2, 0.25) is 0 Å². The second-order valence-corrected chi connectivity index (χ2v) is 10.3. The Hall–Kier alpha value is -3.57. The number of carbonyl (C=O) groups excluding carboxylic acids is 1. The molecular weight excluding hydrogens is 505 g/mol. The van der Waals surface area contributed by atoms with Gasteiger partial charge in [-0.2, -0.15) is 13.9 Å². The minimum absolute atomic E-state index is 0.0241. The number of benzene rings is 2. The molecule has 1 N–H and O–H groups in total. The Balaban J connectivity index is 0.000000301. The Morgan fingerprint density at radius 2 is 1.95 bits per heavy atom. The molecule has 1 saturated heterocycles. The summed E-state index contributed by atoms with van der Waals surface area (Å²) in [5, 5.41) is 8.27. The van der Waals surface area contributed by atoms with E-state index in [1.165, 1.54) is 35.1 Å². The number of fused-ring (bicyclic) bond motifs is 1. The molecule has 0 aliphatic carbocycles. The molecule has 37 heavy (non-hydrogen) atoms. The number of ether oxygens (including phenoxy) is 1. The van der Waals surface area contributed by atoms with Crippen molar-refractivity contribution in [3.63, 3.8) is 0 Å². The van der Waals surface area contributed by atoms with E-state index in [9.17, 15) is 22.2 Å². The van der Waals surface area contributed by atoms with E-state index in [-0.39, 0.29) is 11.3 Å². The SMILES string of the molecule is CNC1(C)CCS(=O)C1.O=Cc1cnc2c(c1)c(-c1ccc(F)cc1)nn2-c1cccc(OC(F)F)c1. The lowest BCUT2D eigenvalue weighted by Crippen LogP contribution is -2.40. The van der Waals surface area contributed by atoms with E-state index in [1.54, 1.807) is 30.3 Å². The molecule has 1 fully saturated rings. The van der Waals surface area contributed by atoms with Crippen LogP contribution >= 0.6 is 0 Å². The molecule has 11 heteroatoms. The summed E-state index contributed by atoms with van der Waals surface area (Å²) >= 11 is 0. The van der Waals surface area contributed by atoms with Crippen LogP contribution in [0.5, 0.6) is 5.75 Å². The molecule has 4 aromatic rings. The van der Waals surface area contributed by atoms with Gasteiger partial charge in [0.2, 0.25) is 0 Å².